The molecule has 0 aliphatic carbocycles. The average Bonchev–Trinajstić information content (AvgIpc) is 2.32. The number of carbonyl (C=O) groups excluding carboxylic acids is 1. The van der Waals surface area contributed by atoms with Crippen molar-refractivity contribution in [1.29, 1.82) is 0 Å². The van der Waals surface area contributed by atoms with Crippen molar-refractivity contribution < 1.29 is 4.79 Å². The maximum absolute atomic E-state index is 12.1. The molecule has 0 saturated carbocycles. The number of anilines is 1. The van der Waals surface area contributed by atoms with Gasteiger partial charge in [-0.25, -0.2) is 4.98 Å². The van der Waals surface area contributed by atoms with Crippen LogP contribution in [0.2, 0.25) is 5.15 Å². The van der Waals surface area contributed by atoms with Crippen molar-refractivity contribution in [3.63, 3.8) is 0 Å². The molecule has 0 spiro atoms. The largest absolute Gasteiger partial charge is 0.322 e. The number of hydrogen-bond donors (Lipinski definition) is 1. The number of pyridine rings is 1. The second kappa shape index (κ2) is 5.41. The van der Waals surface area contributed by atoms with Crippen LogP contribution < -0.4 is 5.32 Å². The number of nitrogens with one attached hydrogen (secondary N) is 1. The molecule has 1 aromatic carbocycles. The quantitative estimate of drug-likeness (QED) is 0.844. The minimum atomic E-state index is -0.185. The lowest BCUT2D eigenvalue weighted by Crippen LogP contribution is -2.12. The van der Waals surface area contributed by atoms with Crippen molar-refractivity contribution in [2.45, 2.75) is 20.8 Å². The maximum Gasteiger partial charge on any atom is 0.255 e. The summed E-state index contributed by atoms with van der Waals surface area (Å²) in [6.07, 6.45) is 0. The Balaban J connectivity index is 2.22. The predicted molar refractivity (Wildman–Crippen MR) is 77.9 cm³/mol. The normalized spacial score (nSPS) is 10.3. The minimum absolute atomic E-state index is 0.185. The molecule has 1 aromatic heterocycles. The van der Waals surface area contributed by atoms with Crippen molar-refractivity contribution in [3.05, 3.63) is 57.9 Å². The minimum Gasteiger partial charge on any atom is -0.322 e. The van der Waals surface area contributed by atoms with Gasteiger partial charge in [0.25, 0.3) is 5.91 Å². The van der Waals surface area contributed by atoms with E-state index in [1.165, 1.54) is 5.56 Å². The lowest BCUT2D eigenvalue weighted by atomic mass is 10.1. The highest BCUT2D eigenvalue weighted by Crippen LogP contribution is 2.16. The number of rotatable bonds is 2. The fourth-order valence-corrected chi connectivity index (χ4v) is 2.03. The first-order valence-electron chi connectivity index (χ1n) is 5.98. The van der Waals surface area contributed by atoms with Crippen LogP contribution >= 0.6 is 11.6 Å². The van der Waals surface area contributed by atoms with E-state index in [9.17, 15) is 4.79 Å². The summed E-state index contributed by atoms with van der Waals surface area (Å²) in [6.45, 7) is 5.85. The Kier molecular flexibility index (Phi) is 3.86. The maximum atomic E-state index is 12.1. The molecule has 1 heterocycles. The Morgan fingerprint density at radius 1 is 1.11 bits per heavy atom. The average molecular weight is 275 g/mol. The third-order valence-electron chi connectivity index (χ3n) is 2.95. The smallest absolute Gasteiger partial charge is 0.255 e. The summed E-state index contributed by atoms with van der Waals surface area (Å²) in [5, 5.41) is 3.18. The van der Waals surface area contributed by atoms with Crippen LogP contribution in [0.15, 0.2) is 30.3 Å². The molecular formula is C15H15ClN2O. The fraction of sp³-hybridized carbons (Fsp3) is 0.200. The SMILES string of the molecule is Cc1cc(C(=O)Nc2ccc(C)c(C)c2)cc(Cl)n1. The van der Waals surface area contributed by atoms with Gasteiger partial charge in [0.05, 0.1) is 0 Å². The fourth-order valence-electron chi connectivity index (χ4n) is 1.78. The molecule has 0 aliphatic rings. The molecule has 1 amide bonds. The Morgan fingerprint density at radius 2 is 1.84 bits per heavy atom. The van der Waals surface area contributed by atoms with Crippen molar-refractivity contribution in [3.8, 4) is 0 Å². The third-order valence-corrected chi connectivity index (χ3v) is 3.14. The van der Waals surface area contributed by atoms with Crippen LogP contribution in [0.25, 0.3) is 0 Å². The van der Waals surface area contributed by atoms with Gasteiger partial charge in [-0.3, -0.25) is 4.79 Å². The van der Waals surface area contributed by atoms with Crippen molar-refractivity contribution in [2.75, 3.05) is 5.32 Å². The van der Waals surface area contributed by atoms with Crippen molar-refractivity contribution >= 4 is 23.2 Å². The van der Waals surface area contributed by atoms with E-state index in [2.05, 4.69) is 10.3 Å². The number of halogens is 1. The van der Waals surface area contributed by atoms with Crippen LogP contribution in [-0.4, -0.2) is 10.9 Å². The number of nitrogens with zero attached hydrogens (tertiary/aromatic N) is 1. The number of aryl methyl sites for hydroxylation is 3. The predicted octanol–water partition coefficient (Wildman–Crippen LogP) is 3.91. The molecule has 2 rings (SSSR count). The van der Waals surface area contributed by atoms with E-state index in [4.69, 9.17) is 11.6 Å². The summed E-state index contributed by atoms with van der Waals surface area (Å²) in [5.74, 6) is -0.185. The van der Waals surface area contributed by atoms with Crippen molar-refractivity contribution in [2.24, 2.45) is 0 Å². The Hall–Kier alpha value is -1.87. The van der Waals surface area contributed by atoms with E-state index in [1.54, 1.807) is 19.1 Å². The highest BCUT2D eigenvalue weighted by molar-refractivity contribution is 6.29. The van der Waals surface area contributed by atoms with Gasteiger partial charge in [-0.15, -0.1) is 0 Å². The van der Waals surface area contributed by atoms with Gasteiger partial charge in [0, 0.05) is 16.9 Å². The van der Waals surface area contributed by atoms with E-state index in [1.807, 2.05) is 32.0 Å². The Morgan fingerprint density at radius 3 is 2.47 bits per heavy atom. The van der Waals surface area contributed by atoms with Gasteiger partial charge < -0.3 is 5.32 Å². The van der Waals surface area contributed by atoms with Gasteiger partial charge in [0.1, 0.15) is 5.15 Å². The molecule has 0 aliphatic heterocycles. The summed E-state index contributed by atoms with van der Waals surface area (Å²) >= 11 is 5.85. The molecule has 0 unspecified atom stereocenters. The highest BCUT2D eigenvalue weighted by Gasteiger charge is 2.08. The first-order valence-corrected chi connectivity index (χ1v) is 6.36. The summed E-state index contributed by atoms with van der Waals surface area (Å²) < 4.78 is 0. The number of aromatic nitrogens is 1. The summed E-state index contributed by atoms with van der Waals surface area (Å²) in [5.41, 5.74) is 4.34. The molecule has 1 N–H and O–H groups in total. The summed E-state index contributed by atoms with van der Waals surface area (Å²) in [7, 11) is 0. The topological polar surface area (TPSA) is 42.0 Å². The molecule has 0 bridgehead atoms. The van der Waals surface area contributed by atoms with E-state index in [0.29, 0.717) is 10.7 Å². The molecule has 0 atom stereocenters. The van der Waals surface area contributed by atoms with Crippen LogP contribution in [0.1, 0.15) is 27.2 Å². The second-order valence-electron chi connectivity index (χ2n) is 4.57. The highest BCUT2D eigenvalue weighted by atomic mass is 35.5. The molecule has 4 heteroatoms. The van der Waals surface area contributed by atoms with E-state index >= 15 is 0 Å². The molecule has 0 saturated heterocycles. The van der Waals surface area contributed by atoms with Gasteiger partial charge in [-0.05, 0) is 56.2 Å². The monoisotopic (exact) mass is 274 g/mol. The van der Waals surface area contributed by atoms with Crippen LogP contribution in [0, 0.1) is 20.8 Å². The zero-order chi connectivity index (χ0) is 14.0. The van der Waals surface area contributed by atoms with Gasteiger partial charge in [0.15, 0.2) is 0 Å². The van der Waals surface area contributed by atoms with Crippen molar-refractivity contribution in [1.82, 2.24) is 4.98 Å². The Bertz CT molecular complexity index is 618. The molecule has 3 nitrogen and oxygen atoms in total. The Labute approximate surface area is 117 Å². The third kappa shape index (κ3) is 3.32. The summed E-state index contributed by atoms with van der Waals surface area (Å²) in [6, 6.07) is 9.09. The molecular weight excluding hydrogens is 260 g/mol. The standard InChI is InChI=1S/C15H15ClN2O/c1-9-4-5-13(6-10(9)2)18-15(19)12-7-11(3)17-14(16)8-12/h4-8H,1-3H3,(H,18,19). The van der Waals surface area contributed by atoms with Gasteiger partial charge in [-0.2, -0.15) is 0 Å². The van der Waals surface area contributed by atoms with Crippen LogP contribution in [0.5, 0.6) is 0 Å². The first-order chi connectivity index (χ1) is 8.95. The lowest BCUT2D eigenvalue weighted by Gasteiger charge is -2.08. The zero-order valence-corrected chi connectivity index (χ0v) is 11.9. The van der Waals surface area contributed by atoms with E-state index in [-0.39, 0.29) is 5.91 Å². The zero-order valence-electron chi connectivity index (χ0n) is 11.1. The molecule has 19 heavy (non-hydrogen) atoms. The van der Waals surface area contributed by atoms with Crippen LogP contribution in [0.3, 0.4) is 0 Å². The van der Waals surface area contributed by atoms with Crippen LogP contribution in [0.4, 0.5) is 5.69 Å². The summed E-state index contributed by atoms with van der Waals surface area (Å²) in [4.78, 5) is 16.2. The second-order valence-corrected chi connectivity index (χ2v) is 4.96. The molecule has 98 valence electrons. The van der Waals surface area contributed by atoms with Gasteiger partial charge >= 0.3 is 0 Å². The van der Waals surface area contributed by atoms with E-state index in [0.717, 1.165) is 16.9 Å². The number of carbonyl (C=O) groups is 1. The molecule has 0 radical (unpaired) electrons. The number of hydrogen-bond acceptors (Lipinski definition) is 2. The van der Waals surface area contributed by atoms with Crippen LogP contribution in [-0.2, 0) is 0 Å². The molecule has 2 aromatic rings. The van der Waals surface area contributed by atoms with E-state index < -0.39 is 0 Å². The lowest BCUT2D eigenvalue weighted by molar-refractivity contribution is 0.102. The van der Waals surface area contributed by atoms with Gasteiger partial charge in [0.2, 0.25) is 0 Å². The number of amides is 1. The first kappa shape index (κ1) is 13.6. The molecule has 0 fully saturated rings. The van der Waals surface area contributed by atoms with Gasteiger partial charge in [-0.1, -0.05) is 17.7 Å². The number of benzene rings is 1.